The number of carbonyl (C=O) groups excluding carboxylic acids is 1. The molecule has 0 bridgehead atoms. The van der Waals surface area contributed by atoms with Crippen LogP contribution in [-0.4, -0.2) is 13.4 Å². The molecule has 0 aliphatic heterocycles. The Morgan fingerprint density at radius 1 is 1.60 bits per heavy atom. The molecule has 0 aliphatic carbocycles. The van der Waals surface area contributed by atoms with Crippen LogP contribution in [0.4, 0.5) is 4.39 Å². The third kappa shape index (κ3) is 2.78. The first kappa shape index (κ1) is 12.2. The zero-order valence-corrected chi connectivity index (χ0v) is 10.2. The first-order valence-corrected chi connectivity index (χ1v) is 5.36. The van der Waals surface area contributed by atoms with Crippen molar-refractivity contribution in [3.05, 3.63) is 28.0 Å². The number of hydrogen-bond donors (Lipinski definition) is 0. The van der Waals surface area contributed by atoms with Gasteiger partial charge in [0.05, 0.1) is 11.6 Å². The molecule has 0 saturated carbocycles. The summed E-state index contributed by atoms with van der Waals surface area (Å²) in [4.78, 5) is 10.4. The van der Waals surface area contributed by atoms with Crippen molar-refractivity contribution < 1.29 is 13.9 Å². The fourth-order valence-corrected chi connectivity index (χ4v) is 1.96. The Kier molecular flexibility index (Phi) is 4.27. The molecule has 1 aromatic carbocycles. The minimum atomic E-state index is -0.417. The molecule has 0 N–H and O–H groups in total. The number of halogens is 2. The average molecular weight is 275 g/mol. The lowest BCUT2D eigenvalue weighted by molar-refractivity contribution is -0.108. The van der Waals surface area contributed by atoms with E-state index >= 15 is 0 Å². The first-order valence-electron chi connectivity index (χ1n) is 4.56. The molecular formula is C11H12BrFO2. The van der Waals surface area contributed by atoms with E-state index in [0.717, 1.165) is 11.8 Å². The predicted molar refractivity (Wildman–Crippen MR) is 59.7 cm³/mol. The summed E-state index contributed by atoms with van der Waals surface area (Å²) in [5.41, 5.74) is 0.785. The Morgan fingerprint density at radius 3 is 2.73 bits per heavy atom. The minimum Gasteiger partial charge on any atom is -0.492 e. The van der Waals surface area contributed by atoms with Crippen molar-refractivity contribution in [2.75, 3.05) is 7.11 Å². The molecule has 0 heterocycles. The number of aldehydes is 1. The van der Waals surface area contributed by atoms with Gasteiger partial charge in [0.1, 0.15) is 6.29 Å². The van der Waals surface area contributed by atoms with Gasteiger partial charge in [-0.15, -0.1) is 0 Å². The largest absolute Gasteiger partial charge is 0.492 e. The van der Waals surface area contributed by atoms with Gasteiger partial charge >= 0.3 is 0 Å². The Morgan fingerprint density at radius 2 is 2.27 bits per heavy atom. The summed E-state index contributed by atoms with van der Waals surface area (Å²) in [5.74, 6) is -0.212. The maximum Gasteiger partial charge on any atom is 0.168 e. The zero-order valence-electron chi connectivity index (χ0n) is 8.59. The molecule has 82 valence electrons. The third-order valence-corrected chi connectivity index (χ3v) is 2.83. The van der Waals surface area contributed by atoms with E-state index in [-0.39, 0.29) is 11.7 Å². The number of carbonyl (C=O) groups is 1. The van der Waals surface area contributed by atoms with Crippen molar-refractivity contribution in [1.82, 2.24) is 0 Å². The molecule has 2 nitrogen and oxygen atoms in total. The van der Waals surface area contributed by atoms with E-state index in [1.54, 1.807) is 6.07 Å². The molecular weight excluding hydrogens is 263 g/mol. The first-order chi connectivity index (χ1) is 7.10. The summed E-state index contributed by atoms with van der Waals surface area (Å²) in [6.07, 6.45) is 1.22. The van der Waals surface area contributed by atoms with Gasteiger partial charge in [-0.05, 0) is 39.5 Å². The van der Waals surface area contributed by atoms with Crippen molar-refractivity contribution in [3.8, 4) is 5.75 Å². The lowest BCUT2D eigenvalue weighted by Gasteiger charge is -2.11. The summed E-state index contributed by atoms with van der Waals surface area (Å²) >= 11 is 3.22. The second kappa shape index (κ2) is 5.26. The van der Waals surface area contributed by atoms with Gasteiger partial charge in [0.25, 0.3) is 0 Å². The molecule has 15 heavy (non-hydrogen) atoms. The van der Waals surface area contributed by atoms with E-state index in [9.17, 15) is 9.18 Å². The molecule has 0 saturated heterocycles. The Hall–Kier alpha value is -0.900. The Bertz CT molecular complexity index is 343. The van der Waals surface area contributed by atoms with Crippen molar-refractivity contribution in [2.45, 2.75) is 19.3 Å². The zero-order chi connectivity index (χ0) is 11.4. The maximum atomic E-state index is 13.5. The highest BCUT2D eigenvalue weighted by Gasteiger charge is 2.13. The van der Waals surface area contributed by atoms with Gasteiger partial charge in [-0.3, -0.25) is 0 Å². The molecule has 4 heteroatoms. The second-order valence-corrected chi connectivity index (χ2v) is 4.18. The molecule has 0 amide bonds. The molecule has 0 aromatic heterocycles. The molecule has 1 aromatic rings. The fraction of sp³-hybridized carbons (Fsp3) is 0.364. The van der Waals surface area contributed by atoms with Gasteiger partial charge in [-0.1, -0.05) is 6.92 Å². The fourth-order valence-electron chi connectivity index (χ4n) is 1.34. The van der Waals surface area contributed by atoms with Gasteiger partial charge in [0, 0.05) is 6.42 Å². The quantitative estimate of drug-likeness (QED) is 0.788. The van der Waals surface area contributed by atoms with Crippen LogP contribution in [0.2, 0.25) is 0 Å². The lowest BCUT2D eigenvalue weighted by atomic mass is 9.98. The van der Waals surface area contributed by atoms with Gasteiger partial charge < -0.3 is 9.53 Å². The van der Waals surface area contributed by atoms with Crippen LogP contribution in [-0.2, 0) is 4.79 Å². The minimum absolute atomic E-state index is 0.0132. The van der Waals surface area contributed by atoms with Crippen LogP contribution < -0.4 is 4.74 Å². The van der Waals surface area contributed by atoms with Crippen molar-refractivity contribution in [1.29, 1.82) is 0 Å². The van der Waals surface area contributed by atoms with Gasteiger partial charge in [0.15, 0.2) is 11.6 Å². The van der Waals surface area contributed by atoms with Crippen molar-refractivity contribution in [3.63, 3.8) is 0 Å². The topological polar surface area (TPSA) is 26.3 Å². The Labute approximate surface area is 96.6 Å². The SMILES string of the molecule is COc1c(F)cc(C(C)CC=O)cc1Br. The number of ether oxygens (including phenoxy) is 1. The normalized spacial score (nSPS) is 12.3. The molecule has 0 spiro atoms. The van der Waals surface area contributed by atoms with Crippen LogP contribution in [0.1, 0.15) is 24.8 Å². The second-order valence-electron chi connectivity index (χ2n) is 3.32. The molecule has 0 fully saturated rings. The highest BCUT2D eigenvalue weighted by atomic mass is 79.9. The molecule has 0 radical (unpaired) electrons. The summed E-state index contributed by atoms with van der Waals surface area (Å²) in [6, 6.07) is 3.17. The Balaban J connectivity index is 3.07. The lowest BCUT2D eigenvalue weighted by Crippen LogP contribution is -1.98. The van der Waals surface area contributed by atoms with E-state index in [1.165, 1.54) is 13.2 Å². The summed E-state index contributed by atoms with van der Waals surface area (Å²) in [7, 11) is 1.41. The highest BCUT2D eigenvalue weighted by Crippen LogP contribution is 2.32. The van der Waals surface area contributed by atoms with Crippen LogP contribution in [0.25, 0.3) is 0 Å². The summed E-state index contributed by atoms with van der Waals surface area (Å²) in [5, 5.41) is 0. The highest BCUT2D eigenvalue weighted by molar-refractivity contribution is 9.10. The number of benzene rings is 1. The van der Waals surface area contributed by atoms with Crippen LogP contribution in [0, 0.1) is 5.82 Å². The third-order valence-electron chi connectivity index (χ3n) is 2.24. The van der Waals surface area contributed by atoms with Crippen molar-refractivity contribution >= 4 is 22.2 Å². The standard InChI is InChI=1S/C11H12BrFO2/c1-7(3-4-14)8-5-9(12)11(15-2)10(13)6-8/h4-7H,3H2,1-2H3. The van der Waals surface area contributed by atoms with E-state index in [0.29, 0.717) is 10.9 Å². The van der Waals surface area contributed by atoms with E-state index in [2.05, 4.69) is 15.9 Å². The number of methoxy groups -OCH3 is 1. The monoisotopic (exact) mass is 274 g/mol. The molecule has 1 atom stereocenters. The predicted octanol–water partition coefficient (Wildman–Crippen LogP) is 3.29. The molecule has 0 aliphatic rings. The van der Waals surface area contributed by atoms with Gasteiger partial charge in [0.2, 0.25) is 0 Å². The van der Waals surface area contributed by atoms with Crippen LogP contribution in [0.3, 0.4) is 0 Å². The van der Waals surface area contributed by atoms with Crippen molar-refractivity contribution in [2.24, 2.45) is 0 Å². The summed E-state index contributed by atoms with van der Waals surface area (Å²) in [6.45, 7) is 1.88. The smallest absolute Gasteiger partial charge is 0.168 e. The molecule has 1 rings (SSSR count). The summed E-state index contributed by atoms with van der Waals surface area (Å²) < 4.78 is 18.9. The van der Waals surface area contributed by atoms with E-state index in [4.69, 9.17) is 4.74 Å². The van der Waals surface area contributed by atoms with E-state index in [1.807, 2.05) is 6.92 Å². The van der Waals surface area contributed by atoms with E-state index < -0.39 is 5.82 Å². The molecule has 1 unspecified atom stereocenters. The van der Waals surface area contributed by atoms with Crippen LogP contribution in [0.15, 0.2) is 16.6 Å². The van der Waals surface area contributed by atoms with Crippen LogP contribution in [0.5, 0.6) is 5.75 Å². The maximum absolute atomic E-state index is 13.5. The average Bonchev–Trinajstić information content (AvgIpc) is 2.17. The van der Waals surface area contributed by atoms with Gasteiger partial charge in [-0.25, -0.2) is 4.39 Å². The van der Waals surface area contributed by atoms with Crippen LogP contribution >= 0.6 is 15.9 Å². The number of rotatable bonds is 4. The number of hydrogen-bond acceptors (Lipinski definition) is 2. The van der Waals surface area contributed by atoms with Gasteiger partial charge in [-0.2, -0.15) is 0 Å².